The zero-order valence-corrected chi connectivity index (χ0v) is 13.9. The molecule has 116 valence electrons. The third-order valence-electron chi connectivity index (χ3n) is 2.92. The molecule has 0 fully saturated rings. The van der Waals surface area contributed by atoms with Gasteiger partial charge in [-0.2, -0.15) is 0 Å². The van der Waals surface area contributed by atoms with E-state index in [0.29, 0.717) is 11.7 Å². The molecule has 0 aliphatic rings. The van der Waals surface area contributed by atoms with Gasteiger partial charge in [0.1, 0.15) is 5.75 Å². The molecule has 0 unspecified atom stereocenters. The molecule has 1 heterocycles. The van der Waals surface area contributed by atoms with E-state index in [2.05, 4.69) is 10.3 Å². The van der Waals surface area contributed by atoms with Gasteiger partial charge in [0, 0.05) is 0 Å². The lowest BCUT2D eigenvalue weighted by Crippen LogP contribution is -2.39. The van der Waals surface area contributed by atoms with Crippen molar-refractivity contribution in [3.8, 4) is 5.75 Å². The van der Waals surface area contributed by atoms with Crippen LogP contribution in [-0.2, 0) is 4.79 Å². The summed E-state index contributed by atoms with van der Waals surface area (Å²) in [5.41, 5.74) is 6.65. The first kappa shape index (κ1) is 17.7. The molecule has 0 aliphatic carbocycles. The van der Waals surface area contributed by atoms with Crippen LogP contribution < -0.4 is 15.8 Å². The van der Waals surface area contributed by atoms with Gasteiger partial charge in [0.05, 0.1) is 22.9 Å². The topological polar surface area (TPSA) is 77.2 Å². The second kappa shape index (κ2) is 7.59. The van der Waals surface area contributed by atoms with Crippen molar-refractivity contribution in [2.45, 2.75) is 26.8 Å². The Morgan fingerprint density at radius 1 is 1.48 bits per heavy atom. The number of thiazole rings is 1. The molecular formula is C14H20ClN3O2S. The molecule has 5 nitrogen and oxygen atoms in total. The quantitative estimate of drug-likeness (QED) is 0.883. The van der Waals surface area contributed by atoms with Gasteiger partial charge >= 0.3 is 0 Å². The lowest BCUT2D eigenvalue weighted by molar-refractivity contribution is -0.118. The number of carbonyl (C=O) groups is 1. The maximum absolute atomic E-state index is 11.9. The average molecular weight is 330 g/mol. The van der Waals surface area contributed by atoms with E-state index in [1.807, 2.05) is 39.0 Å². The molecule has 0 saturated heterocycles. The molecule has 0 radical (unpaired) electrons. The van der Waals surface area contributed by atoms with Gasteiger partial charge in [0.15, 0.2) is 5.13 Å². The summed E-state index contributed by atoms with van der Waals surface area (Å²) in [5.74, 6) is 0.693. The summed E-state index contributed by atoms with van der Waals surface area (Å²) in [5, 5.41) is 3.33. The highest BCUT2D eigenvalue weighted by Crippen LogP contribution is 2.29. The minimum Gasteiger partial charge on any atom is -0.494 e. The van der Waals surface area contributed by atoms with Crippen molar-refractivity contribution in [3.05, 3.63) is 18.2 Å². The van der Waals surface area contributed by atoms with Crippen molar-refractivity contribution in [1.82, 2.24) is 4.98 Å². The molecule has 7 heteroatoms. The minimum absolute atomic E-state index is 0. The van der Waals surface area contributed by atoms with Crippen molar-refractivity contribution in [1.29, 1.82) is 0 Å². The van der Waals surface area contributed by atoms with E-state index < -0.39 is 6.04 Å². The highest BCUT2D eigenvalue weighted by atomic mass is 35.5. The van der Waals surface area contributed by atoms with Crippen LogP contribution >= 0.6 is 23.7 Å². The number of amides is 1. The fraction of sp³-hybridized carbons (Fsp3) is 0.429. The Morgan fingerprint density at radius 2 is 2.19 bits per heavy atom. The number of nitrogens with two attached hydrogens (primary N) is 1. The van der Waals surface area contributed by atoms with E-state index in [1.165, 1.54) is 11.3 Å². The largest absolute Gasteiger partial charge is 0.494 e. The van der Waals surface area contributed by atoms with Crippen molar-refractivity contribution in [2.75, 3.05) is 11.9 Å². The Hall–Kier alpha value is -1.37. The van der Waals surface area contributed by atoms with Crippen LogP contribution in [0.15, 0.2) is 18.2 Å². The molecular weight excluding hydrogens is 310 g/mol. The number of halogens is 1. The van der Waals surface area contributed by atoms with E-state index in [0.717, 1.165) is 16.0 Å². The summed E-state index contributed by atoms with van der Waals surface area (Å²) in [7, 11) is 0. The molecule has 1 aromatic carbocycles. The van der Waals surface area contributed by atoms with E-state index in [4.69, 9.17) is 10.5 Å². The fourth-order valence-corrected chi connectivity index (χ4v) is 2.60. The number of aromatic nitrogens is 1. The first-order chi connectivity index (χ1) is 9.51. The number of rotatable bonds is 5. The molecule has 3 N–H and O–H groups in total. The maximum atomic E-state index is 11.9. The highest BCUT2D eigenvalue weighted by Gasteiger charge is 2.18. The summed E-state index contributed by atoms with van der Waals surface area (Å²) in [4.78, 5) is 16.3. The second-order valence-electron chi connectivity index (χ2n) is 4.84. The zero-order valence-electron chi connectivity index (χ0n) is 12.3. The summed E-state index contributed by atoms with van der Waals surface area (Å²) in [6, 6.07) is 5.15. The lowest BCUT2D eigenvalue weighted by atomic mass is 10.1. The van der Waals surface area contributed by atoms with Gasteiger partial charge in [-0.15, -0.1) is 12.4 Å². The number of anilines is 1. The molecule has 1 atom stereocenters. The first-order valence-electron chi connectivity index (χ1n) is 6.61. The third-order valence-corrected chi connectivity index (χ3v) is 3.86. The van der Waals surface area contributed by atoms with E-state index in [1.54, 1.807) is 0 Å². The number of fused-ring (bicyclic) bond motifs is 1. The normalized spacial score (nSPS) is 12.0. The Balaban J connectivity index is 0.00000220. The maximum Gasteiger partial charge on any atom is 0.243 e. The average Bonchev–Trinajstić information content (AvgIpc) is 2.79. The van der Waals surface area contributed by atoms with Crippen LogP contribution in [0, 0.1) is 5.92 Å². The van der Waals surface area contributed by atoms with Crippen LogP contribution in [0.3, 0.4) is 0 Å². The number of hydrogen-bond donors (Lipinski definition) is 2. The van der Waals surface area contributed by atoms with Gasteiger partial charge in [-0.25, -0.2) is 4.98 Å². The summed E-state index contributed by atoms with van der Waals surface area (Å²) in [6.45, 7) is 6.39. The molecule has 0 spiro atoms. The molecule has 1 aromatic heterocycles. The number of nitrogens with zero attached hydrogens (tertiary/aromatic N) is 1. The van der Waals surface area contributed by atoms with Crippen LogP contribution in [0.25, 0.3) is 10.2 Å². The van der Waals surface area contributed by atoms with Crippen LogP contribution in [-0.4, -0.2) is 23.5 Å². The van der Waals surface area contributed by atoms with Gasteiger partial charge < -0.3 is 15.8 Å². The van der Waals surface area contributed by atoms with Crippen molar-refractivity contribution >= 4 is 45.0 Å². The highest BCUT2D eigenvalue weighted by molar-refractivity contribution is 7.22. The van der Waals surface area contributed by atoms with Crippen molar-refractivity contribution < 1.29 is 9.53 Å². The third kappa shape index (κ3) is 4.30. The van der Waals surface area contributed by atoms with Gasteiger partial charge in [-0.1, -0.05) is 25.2 Å². The smallest absolute Gasteiger partial charge is 0.243 e. The second-order valence-corrected chi connectivity index (χ2v) is 5.87. The van der Waals surface area contributed by atoms with Crippen LogP contribution in [0.5, 0.6) is 5.75 Å². The Morgan fingerprint density at radius 3 is 2.81 bits per heavy atom. The monoisotopic (exact) mass is 329 g/mol. The molecule has 0 saturated carbocycles. The SMILES string of the molecule is CCOc1ccc2nc(NC(=O)[C@H](N)C(C)C)sc2c1.Cl. The molecule has 2 rings (SSSR count). The number of ether oxygens (including phenoxy) is 1. The predicted octanol–water partition coefficient (Wildman–Crippen LogP) is 3.04. The van der Waals surface area contributed by atoms with Crippen molar-refractivity contribution in [3.63, 3.8) is 0 Å². The van der Waals surface area contributed by atoms with E-state index in [-0.39, 0.29) is 24.2 Å². The van der Waals surface area contributed by atoms with Crippen LogP contribution in [0.1, 0.15) is 20.8 Å². The van der Waals surface area contributed by atoms with Crippen molar-refractivity contribution in [2.24, 2.45) is 11.7 Å². The standard InChI is InChI=1S/C14H19N3O2S.ClH/c1-4-19-9-5-6-10-11(7-9)20-14(16-10)17-13(18)12(15)8(2)3;/h5-8,12H,4,15H2,1-3H3,(H,16,17,18);1H/t12-;/m1./s1. The number of carbonyl (C=O) groups excluding carboxylic acids is 1. The Labute approximate surface area is 134 Å². The van der Waals surface area contributed by atoms with E-state index >= 15 is 0 Å². The van der Waals surface area contributed by atoms with Gasteiger partial charge in [0.25, 0.3) is 0 Å². The molecule has 1 amide bonds. The molecule has 21 heavy (non-hydrogen) atoms. The first-order valence-corrected chi connectivity index (χ1v) is 7.42. The summed E-state index contributed by atoms with van der Waals surface area (Å²) < 4.78 is 6.42. The fourth-order valence-electron chi connectivity index (χ4n) is 1.71. The molecule has 2 aromatic rings. The summed E-state index contributed by atoms with van der Waals surface area (Å²) in [6.07, 6.45) is 0. The van der Waals surface area contributed by atoms with Crippen LogP contribution in [0.4, 0.5) is 5.13 Å². The van der Waals surface area contributed by atoms with Gasteiger partial charge in [-0.3, -0.25) is 4.79 Å². The Bertz CT molecular complexity index is 615. The predicted molar refractivity (Wildman–Crippen MR) is 89.5 cm³/mol. The summed E-state index contributed by atoms with van der Waals surface area (Å²) >= 11 is 1.42. The van der Waals surface area contributed by atoms with E-state index in [9.17, 15) is 4.79 Å². The number of hydrogen-bond acceptors (Lipinski definition) is 5. The zero-order chi connectivity index (χ0) is 14.7. The lowest BCUT2D eigenvalue weighted by Gasteiger charge is -2.13. The minimum atomic E-state index is -0.527. The number of benzene rings is 1. The molecule has 0 aliphatic heterocycles. The molecule has 0 bridgehead atoms. The van der Waals surface area contributed by atoms with Crippen LogP contribution in [0.2, 0.25) is 0 Å². The Kier molecular flexibility index (Phi) is 6.39. The van der Waals surface area contributed by atoms with Gasteiger partial charge in [0.2, 0.25) is 5.91 Å². The van der Waals surface area contributed by atoms with Gasteiger partial charge in [-0.05, 0) is 31.0 Å². The number of nitrogens with one attached hydrogen (secondary N) is 1.